The molecule has 2 aliphatic rings. The Balaban J connectivity index is 1.99. The maximum Gasteiger partial charge on any atom is 0.410 e. The van der Waals surface area contributed by atoms with Crippen LogP contribution in [0.3, 0.4) is 0 Å². The van der Waals surface area contributed by atoms with E-state index in [9.17, 15) is 21.6 Å². The van der Waals surface area contributed by atoms with Crippen LogP contribution in [0.4, 0.5) is 4.79 Å². The molecule has 2 atom stereocenters. The molecule has 0 aromatic carbocycles. The van der Waals surface area contributed by atoms with Crippen molar-refractivity contribution in [2.45, 2.75) is 48.4 Å². The molecule has 0 saturated carbocycles. The zero-order valence-corrected chi connectivity index (χ0v) is 16.6. The molecule has 2 aliphatic heterocycles. The maximum atomic E-state index is 12.6. The van der Waals surface area contributed by atoms with E-state index in [2.05, 4.69) is 9.97 Å². The Kier molecular flexibility index (Phi) is 4.30. The number of amides is 1. The van der Waals surface area contributed by atoms with E-state index in [1.165, 1.54) is 11.1 Å². The van der Waals surface area contributed by atoms with E-state index in [0.717, 1.165) is 6.26 Å². The topological polar surface area (TPSA) is 124 Å². The summed E-state index contributed by atoms with van der Waals surface area (Å²) in [5.41, 5.74) is 0.0590. The van der Waals surface area contributed by atoms with E-state index in [0.29, 0.717) is 11.3 Å². The summed E-state index contributed by atoms with van der Waals surface area (Å²) in [6.45, 7) is 5.29. The number of hydrogen-bond acceptors (Lipinski definition) is 8. The number of rotatable bonds is 1. The van der Waals surface area contributed by atoms with E-state index in [1.54, 1.807) is 20.8 Å². The Labute approximate surface area is 152 Å². The summed E-state index contributed by atoms with van der Waals surface area (Å²) in [5.74, 6) is -0.866. The Morgan fingerprint density at radius 1 is 1.31 bits per heavy atom. The Hall–Kier alpha value is -1.75. The Morgan fingerprint density at radius 2 is 1.96 bits per heavy atom. The van der Waals surface area contributed by atoms with Gasteiger partial charge in [0.25, 0.3) is 0 Å². The van der Waals surface area contributed by atoms with E-state index < -0.39 is 42.5 Å². The summed E-state index contributed by atoms with van der Waals surface area (Å²) in [4.78, 5) is 21.6. The highest BCUT2D eigenvalue weighted by Gasteiger charge is 2.49. The molecule has 1 fully saturated rings. The van der Waals surface area contributed by atoms with Crippen molar-refractivity contribution in [2.75, 3.05) is 19.3 Å². The zero-order chi connectivity index (χ0) is 19.5. The van der Waals surface area contributed by atoms with Crippen LogP contribution >= 0.6 is 0 Å². The van der Waals surface area contributed by atoms with Crippen molar-refractivity contribution in [1.82, 2.24) is 14.9 Å². The molecule has 0 spiro atoms. The lowest BCUT2D eigenvalue weighted by Crippen LogP contribution is -2.37. The Bertz CT molecular complexity index is 966. The number of ether oxygens (including phenoxy) is 1. The third-order valence-corrected chi connectivity index (χ3v) is 7.27. The van der Waals surface area contributed by atoms with Crippen LogP contribution in [-0.4, -0.2) is 68.0 Å². The molecule has 144 valence electrons. The van der Waals surface area contributed by atoms with Gasteiger partial charge in [-0.3, -0.25) is 0 Å². The van der Waals surface area contributed by atoms with Gasteiger partial charge >= 0.3 is 6.09 Å². The second kappa shape index (κ2) is 5.88. The minimum atomic E-state index is -3.62. The summed E-state index contributed by atoms with van der Waals surface area (Å²) in [5, 5.41) is -1.17. The van der Waals surface area contributed by atoms with Crippen LogP contribution < -0.4 is 0 Å². The fraction of sp³-hybridized carbons (Fsp3) is 0.667. The summed E-state index contributed by atoms with van der Waals surface area (Å²) in [7, 11) is -7.14. The third kappa shape index (κ3) is 3.54. The van der Waals surface area contributed by atoms with Crippen LogP contribution in [0.1, 0.15) is 37.9 Å². The SMILES string of the molecule is CC(C)(C)OC(=O)N1C[C@@H]2[C@@H](C1)c1nc(S(C)(=O)=O)ncc1CS2(=O)=O. The molecule has 3 rings (SSSR count). The van der Waals surface area contributed by atoms with Crippen molar-refractivity contribution >= 4 is 25.8 Å². The van der Waals surface area contributed by atoms with Gasteiger partial charge in [0.1, 0.15) is 5.60 Å². The average Bonchev–Trinajstić information content (AvgIpc) is 2.90. The normalized spacial score (nSPS) is 24.7. The monoisotopic (exact) mass is 403 g/mol. The van der Waals surface area contributed by atoms with Crippen LogP contribution in [0.5, 0.6) is 0 Å². The van der Waals surface area contributed by atoms with Crippen LogP contribution in [-0.2, 0) is 30.2 Å². The van der Waals surface area contributed by atoms with E-state index in [1.807, 2.05) is 0 Å². The van der Waals surface area contributed by atoms with Gasteiger partial charge in [-0.1, -0.05) is 0 Å². The number of likely N-dealkylation sites (tertiary alicyclic amines) is 1. The molecule has 0 bridgehead atoms. The van der Waals surface area contributed by atoms with Gasteiger partial charge in [-0.25, -0.2) is 31.6 Å². The lowest BCUT2D eigenvalue weighted by atomic mass is 10.00. The van der Waals surface area contributed by atoms with Gasteiger partial charge in [0.2, 0.25) is 15.0 Å². The van der Waals surface area contributed by atoms with E-state index in [4.69, 9.17) is 4.74 Å². The molecule has 1 amide bonds. The molecule has 26 heavy (non-hydrogen) atoms. The van der Waals surface area contributed by atoms with Crippen molar-refractivity contribution < 1.29 is 26.4 Å². The van der Waals surface area contributed by atoms with Gasteiger partial charge < -0.3 is 9.64 Å². The maximum absolute atomic E-state index is 12.6. The molecule has 11 heteroatoms. The lowest BCUT2D eigenvalue weighted by Gasteiger charge is -2.25. The highest BCUT2D eigenvalue weighted by Crippen LogP contribution is 2.39. The van der Waals surface area contributed by atoms with Gasteiger partial charge in [0, 0.05) is 37.0 Å². The summed E-state index contributed by atoms with van der Waals surface area (Å²) >= 11 is 0. The number of carbonyl (C=O) groups is 1. The molecule has 9 nitrogen and oxygen atoms in total. The fourth-order valence-electron chi connectivity index (χ4n) is 3.21. The number of hydrogen-bond donors (Lipinski definition) is 0. The molecule has 1 saturated heterocycles. The van der Waals surface area contributed by atoms with E-state index >= 15 is 0 Å². The predicted molar refractivity (Wildman–Crippen MR) is 92.1 cm³/mol. The summed E-state index contributed by atoms with van der Waals surface area (Å²) in [6.07, 6.45) is 1.65. The molecule has 1 aromatic heterocycles. The molecular weight excluding hydrogens is 382 g/mol. The number of sulfone groups is 2. The van der Waals surface area contributed by atoms with Crippen LogP contribution in [0.2, 0.25) is 0 Å². The highest BCUT2D eigenvalue weighted by molar-refractivity contribution is 7.91. The van der Waals surface area contributed by atoms with Crippen molar-refractivity contribution in [3.8, 4) is 0 Å². The number of nitrogens with zero attached hydrogens (tertiary/aromatic N) is 3. The van der Waals surface area contributed by atoms with Gasteiger partial charge in [0.15, 0.2) is 9.84 Å². The minimum Gasteiger partial charge on any atom is -0.444 e. The van der Waals surface area contributed by atoms with Crippen LogP contribution in [0.15, 0.2) is 11.4 Å². The van der Waals surface area contributed by atoms with Crippen LogP contribution in [0, 0.1) is 0 Å². The average molecular weight is 403 g/mol. The largest absolute Gasteiger partial charge is 0.444 e. The molecule has 0 aliphatic carbocycles. The molecule has 0 N–H and O–H groups in total. The van der Waals surface area contributed by atoms with E-state index in [-0.39, 0.29) is 24.0 Å². The summed E-state index contributed by atoms with van der Waals surface area (Å²) in [6, 6.07) is 0. The Morgan fingerprint density at radius 3 is 2.54 bits per heavy atom. The number of aromatic nitrogens is 2. The van der Waals surface area contributed by atoms with Gasteiger partial charge in [-0.15, -0.1) is 0 Å². The molecule has 0 radical (unpaired) electrons. The zero-order valence-electron chi connectivity index (χ0n) is 15.0. The predicted octanol–water partition coefficient (Wildman–Crippen LogP) is 0.511. The van der Waals surface area contributed by atoms with Crippen LogP contribution in [0.25, 0.3) is 0 Å². The lowest BCUT2D eigenvalue weighted by molar-refractivity contribution is 0.0293. The van der Waals surface area contributed by atoms with Crippen molar-refractivity contribution in [1.29, 1.82) is 0 Å². The van der Waals surface area contributed by atoms with Gasteiger partial charge in [-0.2, -0.15) is 0 Å². The number of carbonyl (C=O) groups excluding carboxylic acids is 1. The van der Waals surface area contributed by atoms with Gasteiger partial charge in [-0.05, 0) is 20.8 Å². The first kappa shape index (κ1) is 19.0. The first-order valence-corrected chi connectivity index (χ1v) is 11.6. The third-order valence-electron chi connectivity index (χ3n) is 4.29. The second-order valence-electron chi connectivity index (χ2n) is 7.67. The fourth-order valence-corrected chi connectivity index (χ4v) is 5.71. The first-order valence-electron chi connectivity index (χ1n) is 8.03. The smallest absolute Gasteiger partial charge is 0.410 e. The molecular formula is C15H21N3O6S2. The highest BCUT2D eigenvalue weighted by atomic mass is 32.2. The summed E-state index contributed by atoms with van der Waals surface area (Å²) < 4.78 is 54.0. The van der Waals surface area contributed by atoms with Crippen molar-refractivity contribution in [3.63, 3.8) is 0 Å². The molecule has 3 heterocycles. The minimum absolute atomic E-state index is 0.000432. The second-order valence-corrected chi connectivity index (χ2v) is 11.8. The quantitative estimate of drug-likeness (QED) is 0.621. The standard InChI is InChI=1S/C15H21N3O6S2/c1-15(2,3)24-14(19)18-6-10-11(7-18)26(22,23)8-9-5-16-13(17-12(9)10)25(4,20)21/h5,10-11H,6-8H2,1-4H3/t10-,11-/m1/s1. The molecule has 0 unspecified atom stereocenters. The molecule has 1 aromatic rings. The number of fused-ring (bicyclic) bond motifs is 3. The van der Waals surface area contributed by atoms with Crippen molar-refractivity contribution in [3.05, 3.63) is 17.5 Å². The van der Waals surface area contributed by atoms with Crippen molar-refractivity contribution in [2.24, 2.45) is 0 Å². The first-order chi connectivity index (χ1) is 11.8. The van der Waals surface area contributed by atoms with Gasteiger partial charge in [0.05, 0.1) is 16.7 Å².